The second-order valence-electron chi connectivity index (χ2n) is 6.65. The molecule has 0 aromatic heterocycles. The molecule has 0 radical (unpaired) electrons. The van der Waals surface area contributed by atoms with Gasteiger partial charge in [0.25, 0.3) is 0 Å². The molecule has 0 unspecified atom stereocenters. The summed E-state index contributed by atoms with van der Waals surface area (Å²) in [4.78, 5) is 12.4. The minimum absolute atomic E-state index is 0.113. The minimum atomic E-state index is -3.43. The van der Waals surface area contributed by atoms with Gasteiger partial charge < -0.3 is 10.1 Å². The number of carbonyl (C=O) groups is 1. The molecule has 6 nitrogen and oxygen atoms in total. The van der Waals surface area contributed by atoms with E-state index in [2.05, 4.69) is 5.32 Å². The Morgan fingerprint density at radius 1 is 1.14 bits per heavy atom. The Kier molecular flexibility index (Phi) is 6.31. The normalized spacial score (nSPS) is 14.8. The molecule has 8 heteroatoms. The second-order valence-corrected chi connectivity index (χ2v) is 8.59. The zero-order valence-electron chi connectivity index (χ0n) is 15.7. The van der Waals surface area contributed by atoms with Crippen LogP contribution < -0.4 is 10.1 Å². The molecule has 150 valence electrons. The first-order valence-electron chi connectivity index (χ1n) is 9.12. The van der Waals surface area contributed by atoms with Gasteiger partial charge in [0.2, 0.25) is 15.9 Å². The van der Waals surface area contributed by atoms with Crippen molar-refractivity contribution in [2.75, 3.05) is 25.5 Å². The van der Waals surface area contributed by atoms with Crippen LogP contribution in [-0.4, -0.2) is 38.8 Å². The van der Waals surface area contributed by atoms with Gasteiger partial charge in [-0.25, -0.2) is 12.8 Å². The van der Waals surface area contributed by atoms with Gasteiger partial charge in [0, 0.05) is 31.3 Å². The van der Waals surface area contributed by atoms with Gasteiger partial charge >= 0.3 is 0 Å². The Labute approximate surface area is 164 Å². The van der Waals surface area contributed by atoms with Crippen LogP contribution in [0.3, 0.4) is 0 Å². The number of halogens is 1. The largest absolute Gasteiger partial charge is 0.494 e. The number of hydrogen-bond donors (Lipinski definition) is 1. The third-order valence-corrected chi connectivity index (χ3v) is 6.62. The predicted octanol–water partition coefficient (Wildman–Crippen LogP) is 3.19. The molecular weight excluding hydrogens is 383 g/mol. The lowest BCUT2D eigenvalue weighted by molar-refractivity contribution is -0.116. The summed E-state index contributed by atoms with van der Waals surface area (Å²) in [7, 11) is -2.06. The number of ether oxygens (including phenoxy) is 1. The Balaban J connectivity index is 1.56. The molecule has 0 bridgehead atoms. The Bertz CT molecular complexity index is 939. The molecule has 0 atom stereocenters. The maximum atomic E-state index is 13.7. The van der Waals surface area contributed by atoms with Crippen LogP contribution in [0.5, 0.6) is 5.75 Å². The average Bonchev–Trinajstić information content (AvgIpc) is 3.23. The van der Waals surface area contributed by atoms with Crippen molar-refractivity contribution in [2.24, 2.45) is 0 Å². The lowest BCUT2D eigenvalue weighted by Crippen LogP contribution is -2.27. The Morgan fingerprint density at radius 3 is 2.43 bits per heavy atom. The van der Waals surface area contributed by atoms with Gasteiger partial charge in [-0.1, -0.05) is 12.1 Å². The fraction of sp³-hybridized carbons (Fsp3) is 0.350. The number of nitrogens with one attached hydrogen (secondary N) is 1. The smallest absolute Gasteiger partial charge is 0.243 e. The van der Waals surface area contributed by atoms with Gasteiger partial charge in [0.15, 0.2) is 11.6 Å². The quantitative estimate of drug-likeness (QED) is 0.766. The van der Waals surface area contributed by atoms with Crippen LogP contribution in [0.4, 0.5) is 10.1 Å². The van der Waals surface area contributed by atoms with Crippen LogP contribution in [0.2, 0.25) is 0 Å². The number of hydrogen-bond acceptors (Lipinski definition) is 4. The van der Waals surface area contributed by atoms with Crippen molar-refractivity contribution in [3.8, 4) is 5.75 Å². The van der Waals surface area contributed by atoms with Crippen LogP contribution in [0, 0.1) is 5.82 Å². The van der Waals surface area contributed by atoms with E-state index in [-0.39, 0.29) is 23.0 Å². The van der Waals surface area contributed by atoms with Crippen LogP contribution in [0.15, 0.2) is 47.4 Å². The molecule has 2 aromatic rings. The van der Waals surface area contributed by atoms with E-state index in [1.165, 1.54) is 23.5 Å². The lowest BCUT2D eigenvalue weighted by atomic mass is 10.1. The summed E-state index contributed by atoms with van der Waals surface area (Å²) in [5.74, 6) is -0.685. The number of benzene rings is 2. The van der Waals surface area contributed by atoms with Crippen molar-refractivity contribution in [1.82, 2.24) is 4.31 Å². The highest BCUT2D eigenvalue weighted by Gasteiger charge is 2.26. The first kappa shape index (κ1) is 20.3. The van der Waals surface area contributed by atoms with Crippen LogP contribution >= 0.6 is 0 Å². The monoisotopic (exact) mass is 406 g/mol. The summed E-state index contributed by atoms with van der Waals surface area (Å²) in [5.41, 5.74) is 1.21. The summed E-state index contributed by atoms with van der Waals surface area (Å²) in [6, 6.07) is 10.8. The zero-order valence-corrected chi connectivity index (χ0v) is 16.5. The number of anilines is 1. The maximum Gasteiger partial charge on any atom is 0.243 e. The lowest BCUT2D eigenvalue weighted by Gasteiger charge is -2.15. The van der Waals surface area contributed by atoms with Crippen molar-refractivity contribution >= 4 is 21.6 Å². The minimum Gasteiger partial charge on any atom is -0.494 e. The number of aryl methyl sites for hydroxylation is 1. The highest BCUT2D eigenvalue weighted by Crippen LogP contribution is 2.22. The standard InChI is InChI=1S/C20H23FN2O4S/c1-27-19-10-7-16(14-18(19)21)22-20(24)11-6-15-4-8-17(9-5-15)28(25,26)23-12-2-3-13-23/h4-5,7-10,14H,2-3,6,11-13H2,1H3,(H,22,24). The van der Waals surface area contributed by atoms with Gasteiger partial charge in [-0.2, -0.15) is 4.31 Å². The van der Waals surface area contributed by atoms with Crippen molar-refractivity contribution < 1.29 is 22.3 Å². The maximum absolute atomic E-state index is 13.7. The Morgan fingerprint density at radius 2 is 1.82 bits per heavy atom. The number of methoxy groups -OCH3 is 1. The summed E-state index contributed by atoms with van der Waals surface area (Å²) in [5, 5.41) is 2.64. The van der Waals surface area contributed by atoms with Gasteiger partial charge in [-0.15, -0.1) is 0 Å². The molecule has 1 aliphatic rings. The highest BCUT2D eigenvalue weighted by molar-refractivity contribution is 7.89. The fourth-order valence-corrected chi connectivity index (χ4v) is 4.65. The van der Waals surface area contributed by atoms with Crippen LogP contribution in [0.1, 0.15) is 24.8 Å². The number of sulfonamides is 1. The number of nitrogens with zero attached hydrogens (tertiary/aromatic N) is 1. The predicted molar refractivity (Wildman–Crippen MR) is 104 cm³/mol. The van der Waals surface area contributed by atoms with E-state index in [1.807, 2.05) is 0 Å². The van der Waals surface area contributed by atoms with Crippen molar-refractivity contribution in [3.05, 3.63) is 53.8 Å². The van der Waals surface area contributed by atoms with E-state index in [4.69, 9.17) is 4.74 Å². The van der Waals surface area contributed by atoms with Crippen LogP contribution in [-0.2, 0) is 21.2 Å². The first-order chi connectivity index (χ1) is 13.4. The molecule has 1 N–H and O–H groups in total. The molecule has 1 fully saturated rings. The Hall–Kier alpha value is -2.45. The SMILES string of the molecule is COc1ccc(NC(=O)CCc2ccc(S(=O)(=O)N3CCCC3)cc2)cc1F. The summed E-state index contributed by atoms with van der Waals surface area (Å²) >= 11 is 0. The van der Waals surface area contributed by atoms with Gasteiger partial charge in [0.1, 0.15) is 0 Å². The second kappa shape index (κ2) is 8.70. The van der Waals surface area contributed by atoms with Crippen molar-refractivity contribution in [3.63, 3.8) is 0 Å². The molecule has 1 amide bonds. The van der Waals surface area contributed by atoms with E-state index in [9.17, 15) is 17.6 Å². The summed E-state index contributed by atoms with van der Waals surface area (Å²) < 4.78 is 45.0. The van der Waals surface area contributed by atoms with Gasteiger partial charge in [0.05, 0.1) is 12.0 Å². The number of carbonyl (C=O) groups excluding carboxylic acids is 1. The third kappa shape index (κ3) is 4.69. The zero-order chi connectivity index (χ0) is 20.1. The fourth-order valence-electron chi connectivity index (χ4n) is 3.13. The molecule has 0 spiro atoms. The molecule has 2 aromatic carbocycles. The molecule has 1 saturated heterocycles. The topological polar surface area (TPSA) is 75.7 Å². The molecule has 0 aliphatic carbocycles. The van der Waals surface area contributed by atoms with E-state index in [0.29, 0.717) is 25.2 Å². The molecule has 0 saturated carbocycles. The third-order valence-electron chi connectivity index (χ3n) is 4.70. The van der Waals surface area contributed by atoms with E-state index in [1.54, 1.807) is 30.3 Å². The summed E-state index contributed by atoms with van der Waals surface area (Å²) in [6.07, 6.45) is 2.44. The van der Waals surface area contributed by atoms with Gasteiger partial charge in [-0.3, -0.25) is 4.79 Å². The molecule has 1 heterocycles. The molecule has 3 rings (SSSR count). The van der Waals surface area contributed by atoms with Crippen molar-refractivity contribution in [2.45, 2.75) is 30.6 Å². The highest BCUT2D eigenvalue weighted by atomic mass is 32.2. The van der Waals surface area contributed by atoms with Gasteiger partial charge in [-0.05, 0) is 49.1 Å². The number of amides is 1. The molecule has 28 heavy (non-hydrogen) atoms. The van der Waals surface area contributed by atoms with Crippen molar-refractivity contribution in [1.29, 1.82) is 0 Å². The summed E-state index contributed by atoms with van der Waals surface area (Å²) in [6.45, 7) is 1.13. The average molecular weight is 406 g/mol. The first-order valence-corrected chi connectivity index (χ1v) is 10.6. The number of rotatable bonds is 7. The van der Waals surface area contributed by atoms with E-state index >= 15 is 0 Å². The van der Waals surface area contributed by atoms with E-state index in [0.717, 1.165) is 18.4 Å². The molecule has 1 aliphatic heterocycles. The van der Waals surface area contributed by atoms with Crippen LogP contribution in [0.25, 0.3) is 0 Å². The van der Waals surface area contributed by atoms with E-state index < -0.39 is 15.8 Å². The molecular formula is C20H23FN2O4S.